The molecule has 1 saturated carbocycles. The van der Waals surface area contributed by atoms with Gasteiger partial charge in [-0.3, -0.25) is 0 Å². The molecule has 1 unspecified atom stereocenters. The SMILES string of the molecule is CC(C)CCC(O)CCC1CCCC1. The molecule has 0 spiro atoms. The van der Waals surface area contributed by atoms with Gasteiger partial charge in [0.25, 0.3) is 0 Å². The summed E-state index contributed by atoms with van der Waals surface area (Å²) in [6.07, 6.45) is 10.1. The Kier molecular flexibility index (Phi) is 5.54. The van der Waals surface area contributed by atoms with Crippen LogP contribution in [0.5, 0.6) is 0 Å². The molecule has 0 amide bonds. The quantitative estimate of drug-likeness (QED) is 0.689. The average Bonchev–Trinajstić information content (AvgIpc) is 2.63. The van der Waals surface area contributed by atoms with Gasteiger partial charge in [-0.1, -0.05) is 39.5 Å². The minimum Gasteiger partial charge on any atom is -0.393 e. The third-order valence-electron chi connectivity index (χ3n) is 3.46. The molecule has 0 aromatic rings. The summed E-state index contributed by atoms with van der Waals surface area (Å²) in [5.74, 6) is 1.67. The molecule has 1 aliphatic carbocycles. The van der Waals surface area contributed by atoms with Crippen molar-refractivity contribution in [3.63, 3.8) is 0 Å². The molecule has 14 heavy (non-hydrogen) atoms. The Bertz CT molecular complexity index is 136. The highest BCUT2D eigenvalue weighted by molar-refractivity contribution is 4.69. The average molecular weight is 198 g/mol. The molecule has 0 aromatic heterocycles. The maximum absolute atomic E-state index is 9.76. The first-order valence-corrected chi connectivity index (χ1v) is 6.36. The first-order valence-electron chi connectivity index (χ1n) is 6.36. The van der Waals surface area contributed by atoms with Crippen LogP contribution in [-0.4, -0.2) is 11.2 Å². The van der Waals surface area contributed by atoms with Crippen molar-refractivity contribution in [1.82, 2.24) is 0 Å². The highest BCUT2D eigenvalue weighted by Gasteiger charge is 2.16. The predicted molar refractivity (Wildman–Crippen MR) is 61.3 cm³/mol. The molecule has 1 heteroatoms. The van der Waals surface area contributed by atoms with Gasteiger partial charge in [0, 0.05) is 0 Å². The third-order valence-corrected chi connectivity index (χ3v) is 3.46. The second kappa shape index (κ2) is 6.44. The van der Waals surface area contributed by atoms with E-state index in [9.17, 15) is 5.11 Å². The Hall–Kier alpha value is -0.0400. The number of rotatable bonds is 6. The van der Waals surface area contributed by atoms with E-state index in [1.54, 1.807) is 0 Å². The fourth-order valence-electron chi connectivity index (χ4n) is 2.40. The van der Waals surface area contributed by atoms with Gasteiger partial charge in [-0.2, -0.15) is 0 Å². The maximum Gasteiger partial charge on any atom is 0.0540 e. The van der Waals surface area contributed by atoms with Crippen LogP contribution >= 0.6 is 0 Å². The van der Waals surface area contributed by atoms with Gasteiger partial charge < -0.3 is 5.11 Å². The van der Waals surface area contributed by atoms with E-state index in [1.165, 1.54) is 38.5 Å². The summed E-state index contributed by atoms with van der Waals surface area (Å²) in [6, 6.07) is 0. The zero-order valence-corrected chi connectivity index (χ0v) is 9.84. The summed E-state index contributed by atoms with van der Waals surface area (Å²) < 4.78 is 0. The molecule has 84 valence electrons. The smallest absolute Gasteiger partial charge is 0.0540 e. The van der Waals surface area contributed by atoms with Gasteiger partial charge in [0.15, 0.2) is 0 Å². The Balaban J connectivity index is 1.99. The van der Waals surface area contributed by atoms with Crippen LogP contribution in [0.2, 0.25) is 0 Å². The Morgan fingerprint density at radius 2 is 1.71 bits per heavy atom. The van der Waals surface area contributed by atoms with Gasteiger partial charge in [-0.15, -0.1) is 0 Å². The monoisotopic (exact) mass is 198 g/mol. The van der Waals surface area contributed by atoms with Crippen LogP contribution in [0.1, 0.15) is 65.2 Å². The molecule has 0 aliphatic heterocycles. The maximum atomic E-state index is 9.76. The highest BCUT2D eigenvalue weighted by atomic mass is 16.3. The van der Waals surface area contributed by atoms with Gasteiger partial charge >= 0.3 is 0 Å². The summed E-state index contributed by atoms with van der Waals surface area (Å²) in [5.41, 5.74) is 0. The van der Waals surface area contributed by atoms with E-state index in [4.69, 9.17) is 0 Å². The number of aliphatic hydroxyl groups is 1. The third kappa shape index (κ3) is 4.99. The lowest BCUT2D eigenvalue weighted by molar-refractivity contribution is 0.138. The lowest BCUT2D eigenvalue weighted by Crippen LogP contribution is -2.09. The van der Waals surface area contributed by atoms with Crippen molar-refractivity contribution >= 4 is 0 Å². The van der Waals surface area contributed by atoms with Crippen LogP contribution in [0.3, 0.4) is 0 Å². The van der Waals surface area contributed by atoms with Crippen LogP contribution in [-0.2, 0) is 0 Å². The summed E-state index contributed by atoms with van der Waals surface area (Å²) in [6.45, 7) is 4.45. The fourth-order valence-corrected chi connectivity index (χ4v) is 2.40. The van der Waals surface area contributed by atoms with E-state index in [-0.39, 0.29) is 6.10 Å². The van der Waals surface area contributed by atoms with E-state index in [0.717, 1.165) is 24.7 Å². The normalized spacial score (nSPS) is 20.6. The molecule has 1 N–H and O–H groups in total. The van der Waals surface area contributed by atoms with Gasteiger partial charge in [-0.05, 0) is 37.5 Å². The van der Waals surface area contributed by atoms with Crippen LogP contribution in [0, 0.1) is 11.8 Å². The molecular weight excluding hydrogens is 172 g/mol. The van der Waals surface area contributed by atoms with Crippen LogP contribution in [0.15, 0.2) is 0 Å². The van der Waals surface area contributed by atoms with Crippen LogP contribution < -0.4 is 0 Å². The molecule has 1 nitrogen and oxygen atoms in total. The van der Waals surface area contributed by atoms with Crippen molar-refractivity contribution in [2.24, 2.45) is 11.8 Å². The van der Waals surface area contributed by atoms with Gasteiger partial charge in [-0.25, -0.2) is 0 Å². The zero-order valence-electron chi connectivity index (χ0n) is 9.84. The second-order valence-electron chi connectivity index (χ2n) is 5.35. The predicted octanol–water partition coefficient (Wildman–Crippen LogP) is 3.75. The lowest BCUT2D eigenvalue weighted by atomic mass is 9.96. The fraction of sp³-hybridized carbons (Fsp3) is 1.00. The van der Waals surface area contributed by atoms with Crippen molar-refractivity contribution < 1.29 is 5.11 Å². The largest absolute Gasteiger partial charge is 0.393 e. The van der Waals surface area contributed by atoms with Gasteiger partial charge in [0.2, 0.25) is 0 Å². The minimum atomic E-state index is -0.0296. The molecular formula is C13H26O. The molecule has 1 aliphatic rings. The second-order valence-corrected chi connectivity index (χ2v) is 5.35. The lowest BCUT2D eigenvalue weighted by Gasteiger charge is -2.14. The van der Waals surface area contributed by atoms with E-state index >= 15 is 0 Å². The molecule has 0 radical (unpaired) electrons. The Morgan fingerprint density at radius 1 is 1.07 bits per heavy atom. The van der Waals surface area contributed by atoms with E-state index in [2.05, 4.69) is 13.8 Å². The van der Waals surface area contributed by atoms with Gasteiger partial charge in [0.1, 0.15) is 0 Å². The molecule has 0 saturated heterocycles. The summed E-state index contributed by atoms with van der Waals surface area (Å²) in [4.78, 5) is 0. The Morgan fingerprint density at radius 3 is 2.29 bits per heavy atom. The van der Waals surface area contributed by atoms with Crippen molar-refractivity contribution in [3.05, 3.63) is 0 Å². The highest BCUT2D eigenvalue weighted by Crippen LogP contribution is 2.29. The molecule has 1 rings (SSSR count). The molecule has 1 fully saturated rings. The first kappa shape index (κ1) is 12.0. The summed E-state index contributed by atoms with van der Waals surface area (Å²) >= 11 is 0. The number of hydrogen-bond donors (Lipinski definition) is 1. The van der Waals surface area contributed by atoms with E-state index in [0.29, 0.717) is 0 Å². The standard InChI is InChI=1S/C13H26O/c1-11(2)7-9-13(14)10-8-12-5-3-4-6-12/h11-14H,3-10H2,1-2H3. The van der Waals surface area contributed by atoms with Crippen molar-refractivity contribution in [3.8, 4) is 0 Å². The number of hydrogen-bond acceptors (Lipinski definition) is 1. The molecule has 0 aromatic carbocycles. The molecule has 0 bridgehead atoms. The minimum absolute atomic E-state index is 0.0296. The van der Waals surface area contributed by atoms with E-state index in [1.807, 2.05) is 0 Å². The van der Waals surface area contributed by atoms with Crippen molar-refractivity contribution in [2.45, 2.75) is 71.3 Å². The molecule has 0 heterocycles. The summed E-state index contributed by atoms with van der Waals surface area (Å²) in [5, 5.41) is 9.76. The van der Waals surface area contributed by atoms with E-state index < -0.39 is 0 Å². The van der Waals surface area contributed by atoms with Crippen LogP contribution in [0.25, 0.3) is 0 Å². The van der Waals surface area contributed by atoms with Crippen LogP contribution in [0.4, 0.5) is 0 Å². The van der Waals surface area contributed by atoms with Crippen molar-refractivity contribution in [2.75, 3.05) is 0 Å². The first-order chi connectivity index (χ1) is 6.68. The summed E-state index contributed by atoms with van der Waals surface area (Å²) in [7, 11) is 0. The number of aliphatic hydroxyl groups excluding tert-OH is 1. The van der Waals surface area contributed by atoms with Gasteiger partial charge in [0.05, 0.1) is 6.10 Å². The molecule has 1 atom stereocenters. The Labute approximate surface area is 88.9 Å². The van der Waals surface area contributed by atoms with Crippen molar-refractivity contribution in [1.29, 1.82) is 0 Å². The zero-order chi connectivity index (χ0) is 10.4. The topological polar surface area (TPSA) is 20.2 Å².